The number of halogens is 1. The SMILES string of the molecule is OCc1ccc(C2CN(c3cccc(Cl)c3)CCN2c2cnccn2)cc1. The first-order valence-electron chi connectivity index (χ1n) is 8.97. The standard InChI is InChI=1S/C21H21ClN4O/c22-18-2-1-3-19(12-18)25-10-11-26(21-13-23-8-9-24-21)20(14-25)17-6-4-16(15-27)5-7-17/h1-9,12-13,20,27H,10-11,14-15H2. The van der Waals surface area contributed by atoms with Crippen LogP contribution in [0.2, 0.25) is 5.02 Å². The van der Waals surface area contributed by atoms with Crippen LogP contribution in [0.4, 0.5) is 11.5 Å². The van der Waals surface area contributed by atoms with E-state index in [1.54, 1.807) is 12.4 Å². The highest BCUT2D eigenvalue weighted by molar-refractivity contribution is 6.30. The number of piperazine rings is 1. The van der Waals surface area contributed by atoms with Crippen molar-refractivity contribution in [1.82, 2.24) is 9.97 Å². The molecule has 1 saturated heterocycles. The lowest BCUT2D eigenvalue weighted by atomic mass is 10.0. The van der Waals surface area contributed by atoms with Crippen molar-refractivity contribution < 1.29 is 5.11 Å². The molecule has 0 spiro atoms. The molecule has 6 heteroatoms. The number of aliphatic hydroxyl groups is 1. The Morgan fingerprint density at radius 3 is 2.63 bits per heavy atom. The summed E-state index contributed by atoms with van der Waals surface area (Å²) in [5.41, 5.74) is 3.22. The van der Waals surface area contributed by atoms with E-state index in [0.29, 0.717) is 0 Å². The fraction of sp³-hybridized carbons (Fsp3) is 0.238. The summed E-state index contributed by atoms with van der Waals surface area (Å²) in [5, 5.41) is 10.1. The Morgan fingerprint density at radius 1 is 1.07 bits per heavy atom. The maximum Gasteiger partial charge on any atom is 0.147 e. The van der Waals surface area contributed by atoms with E-state index in [1.165, 1.54) is 5.56 Å². The maximum absolute atomic E-state index is 9.34. The van der Waals surface area contributed by atoms with Gasteiger partial charge in [0.2, 0.25) is 0 Å². The first kappa shape index (κ1) is 17.8. The molecule has 5 nitrogen and oxygen atoms in total. The van der Waals surface area contributed by atoms with Crippen molar-refractivity contribution in [2.75, 3.05) is 29.4 Å². The van der Waals surface area contributed by atoms with Crippen LogP contribution in [-0.2, 0) is 6.61 Å². The molecule has 138 valence electrons. The van der Waals surface area contributed by atoms with Gasteiger partial charge in [0.15, 0.2) is 0 Å². The highest BCUT2D eigenvalue weighted by atomic mass is 35.5. The number of hydrogen-bond donors (Lipinski definition) is 1. The molecule has 0 bridgehead atoms. The number of benzene rings is 2. The van der Waals surface area contributed by atoms with Gasteiger partial charge in [0, 0.05) is 42.7 Å². The molecule has 1 aliphatic rings. The number of aromatic nitrogens is 2. The Labute approximate surface area is 163 Å². The molecule has 1 unspecified atom stereocenters. The predicted molar refractivity (Wildman–Crippen MR) is 108 cm³/mol. The zero-order valence-corrected chi connectivity index (χ0v) is 15.6. The van der Waals surface area contributed by atoms with E-state index in [-0.39, 0.29) is 12.6 Å². The van der Waals surface area contributed by atoms with Crippen LogP contribution in [0.15, 0.2) is 67.1 Å². The largest absolute Gasteiger partial charge is 0.392 e. The van der Waals surface area contributed by atoms with E-state index in [0.717, 1.165) is 41.7 Å². The van der Waals surface area contributed by atoms with Crippen molar-refractivity contribution >= 4 is 23.1 Å². The smallest absolute Gasteiger partial charge is 0.147 e. The van der Waals surface area contributed by atoms with E-state index in [1.807, 2.05) is 36.5 Å². The van der Waals surface area contributed by atoms with Gasteiger partial charge >= 0.3 is 0 Å². The first-order chi connectivity index (χ1) is 13.2. The second-order valence-corrected chi connectivity index (χ2v) is 7.03. The van der Waals surface area contributed by atoms with Gasteiger partial charge < -0.3 is 14.9 Å². The third-order valence-corrected chi connectivity index (χ3v) is 5.18. The monoisotopic (exact) mass is 380 g/mol. The Kier molecular flexibility index (Phi) is 5.23. The molecule has 0 saturated carbocycles. The fourth-order valence-electron chi connectivity index (χ4n) is 3.53. The van der Waals surface area contributed by atoms with E-state index in [9.17, 15) is 5.11 Å². The number of rotatable bonds is 4. The van der Waals surface area contributed by atoms with E-state index >= 15 is 0 Å². The molecule has 4 rings (SSSR count). The minimum Gasteiger partial charge on any atom is -0.392 e. The minimum absolute atomic E-state index is 0.0491. The van der Waals surface area contributed by atoms with Crippen LogP contribution >= 0.6 is 11.6 Å². The van der Waals surface area contributed by atoms with Crippen molar-refractivity contribution in [3.05, 3.63) is 83.3 Å². The highest BCUT2D eigenvalue weighted by Gasteiger charge is 2.29. The molecule has 1 aromatic heterocycles. The van der Waals surface area contributed by atoms with Gasteiger partial charge in [-0.2, -0.15) is 0 Å². The molecule has 3 aromatic rings. The third kappa shape index (κ3) is 3.89. The van der Waals surface area contributed by atoms with Crippen molar-refractivity contribution in [2.45, 2.75) is 12.6 Å². The van der Waals surface area contributed by atoms with Crippen LogP contribution in [0.1, 0.15) is 17.2 Å². The number of anilines is 2. The second-order valence-electron chi connectivity index (χ2n) is 6.60. The molecule has 1 aliphatic heterocycles. The molecule has 1 N–H and O–H groups in total. The molecular weight excluding hydrogens is 360 g/mol. The molecule has 0 amide bonds. The Balaban J connectivity index is 1.67. The lowest BCUT2D eigenvalue weighted by molar-refractivity contribution is 0.282. The van der Waals surface area contributed by atoms with Gasteiger partial charge in [-0.1, -0.05) is 41.9 Å². The van der Waals surface area contributed by atoms with Crippen LogP contribution < -0.4 is 9.80 Å². The van der Waals surface area contributed by atoms with Gasteiger partial charge in [0.1, 0.15) is 5.82 Å². The lowest BCUT2D eigenvalue weighted by Gasteiger charge is -2.43. The van der Waals surface area contributed by atoms with E-state index < -0.39 is 0 Å². The summed E-state index contributed by atoms with van der Waals surface area (Å²) in [4.78, 5) is 13.4. The average molecular weight is 381 g/mol. The highest BCUT2D eigenvalue weighted by Crippen LogP contribution is 2.32. The summed E-state index contributed by atoms with van der Waals surface area (Å²) in [5.74, 6) is 0.875. The second kappa shape index (κ2) is 7.94. The molecule has 2 heterocycles. The quantitative estimate of drug-likeness (QED) is 0.748. The molecule has 1 atom stereocenters. The lowest BCUT2D eigenvalue weighted by Crippen LogP contribution is -2.49. The van der Waals surface area contributed by atoms with Gasteiger partial charge in [0.25, 0.3) is 0 Å². The summed E-state index contributed by atoms with van der Waals surface area (Å²) in [6.07, 6.45) is 5.23. The Hall–Kier alpha value is -2.63. The molecule has 0 radical (unpaired) electrons. The predicted octanol–water partition coefficient (Wildman–Crippen LogP) is 3.69. The third-order valence-electron chi connectivity index (χ3n) is 4.94. The summed E-state index contributed by atoms with van der Waals surface area (Å²) in [6, 6.07) is 16.2. The number of hydrogen-bond acceptors (Lipinski definition) is 5. The van der Waals surface area contributed by atoms with Crippen molar-refractivity contribution in [3.63, 3.8) is 0 Å². The molecule has 27 heavy (non-hydrogen) atoms. The van der Waals surface area contributed by atoms with Crippen LogP contribution in [0.25, 0.3) is 0 Å². The van der Waals surface area contributed by atoms with Crippen molar-refractivity contribution in [3.8, 4) is 0 Å². The first-order valence-corrected chi connectivity index (χ1v) is 9.35. The van der Waals surface area contributed by atoms with Crippen LogP contribution in [-0.4, -0.2) is 34.7 Å². The normalized spacial score (nSPS) is 17.2. The Bertz CT molecular complexity index is 888. The molecular formula is C21H21ClN4O. The molecule has 2 aromatic carbocycles. The van der Waals surface area contributed by atoms with Crippen molar-refractivity contribution in [2.24, 2.45) is 0 Å². The summed E-state index contributed by atoms with van der Waals surface area (Å²) in [6.45, 7) is 2.57. The van der Waals surface area contributed by atoms with Gasteiger partial charge in [0.05, 0.1) is 18.8 Å². The van der Waals surface area contributed by atoms with Gasteiger partial charge in [-0.05, 0) is 29.3 Å². The van der Waals surface area contributed by atoms with Crippen molar-refractivity contribution in [1.29, 1.82) is 0 Å². The van der Waals surface area contributed by atoms with E-state index in [2.05, 4.69) is 38.0 Å². The molecule has 0 aliphatic carbocycles. The molecule has 1 fully saturated rings. The zero-order valence-electron chi connectivity index (χ0n) is 14.9. The maximum atomic E-state index is 9.34. The average Bonchev–Trinajstić information content (AvgIpc) is 2.74. The zero-order chi connectivity index (χ0) is 18.6. The minimum atomic E-state index is 0.0491. The number of aliphatic hydroxyl groups excluding tert-OH is 1. The van der Waals surface area contributed by atoms with E-state index in [4.69, 9.17) is 11.6 Å². The van der Waals surface area contributed by atoms with Crippen LogP contribution in [0.3, 0.4) is 0 Å². The summed E-state index contributed by atoms with van der Waals surface area (Å²) in [7, 11) is 0. The fourth-order valence-corrected chi connectivity index (χ4v) is 3.72. The van der Waals surface area contributed by atoms with Crippen LogP contribution in [0, 0.1) is 0 Å². The number of nitrogens with zero attached hydrogens (tertiary/aromatic N) is 4. The Morgan fingerprint density at radius 2 is 1.93 bits per heavy atom. The van der Waals surface area contributed by atoms with Gasteiger partial charge in [-0.25, -0.2) is 4.98 Å². The summed E-state index contributed by atoms with van der Waals surface area (Å²) >= 11 is 6.20. The van der Waals surface area contributed by atoms with Gasteiger partial charge in [-0.15, -0.1) is 0 Å². The van der Waals surface area contributed by atoms with Crippen LogP contribution in [0.5, 0.6) is 0 Å². The van der Waals surface area contributed by atoms with Gasteiger partial charge in [-0.3, -0.25) is 4.98 Å². The summed E-state index contributed by atoms with van der Waals surface area (Å²) < 4.78 is 0. The topological polar surface area (TPSA) is 52.5 Å².